The third-order valence-electron chi connectivity index (χ3n) is 3.32. The van der Waals surface area contributed by atoms with Crippen LogP contribution in [0.3, 0.4) is 0 Å². The molecule has 24 heavy (non-hydrogen) atoms. The van der Waals surface area contributed by atoms with Gasteiger partial charge in [-0.05, 0) is 37.1 Å². The Morgan fingerprint density at radius 1 is 1.17 bits per heavy atom. The number of rotatable bonds is 4. The van der Waals surface area contributed by atoms with Crippen LogP contribution in [-0.4, -0.2) is 24.1 Å². The first-order valence-electron chi connectivity index (χ1n) is 7.22. The third-order valence-corrected chi connectivity index (χ3v) is 4.14. The summed E-state index contributed by atoms with van der Waals surface area (Å²) >= 11 is 12.1. The van der Waals surface area contributed by atoms with Crippen LogP contribution in [0.5, 0.6) is 0 Å². The van der Waals surface area contributed by atoms with Gasteiger partial charge in [0.1, 0.15) is 11.5 Å². The summed E-state index contributed by atoms with van der Waals surface area (Å²) in [4.78, 5) is 23.0. The van der Waals surface area contributed by atoms with E-state index < -0.39 is 11.8 Å². The number of carbonyl (C=O) groups is 2. The first-order chi connectivity index (χ1) is 11.5. The van der Waals surface area contributed by atoms with E-state index in [-0.39, 0.29) is 6.04 Å². The second-order valence-electron chi connectivity index (χ2n) is 5.25. The van der Waals surface area contributed by atoms with Crippen molar-refractivity contribution >= 4 is 41.2 Å². The molecule has 2 N–H and O–H groups in total. The Kier molecular flexibility index (Phi) is 4.87. The van der Waals surface area contributed by atoms with Crippen LogP contribution >= 0.6 is 23.2 Å². The van der Waals surface area contributed by atoms with E-state index in [1.165, 1.54) is 6.21 Å². The van der Waals surface area contributed by atoms with Crippen molar-refractivity contribution in [2.75, 3.05) is 0 Å². The average molecular weight is 366 g/mol. The summed E-state index contributed by atoms with van der Waals surface area (Å²) < 4.78 is 5.58. The standard InChI is InChI=1S/C16H13Cl2N3O3/c17-12-3-1-2-11(14(12)18)13-7-6-10(24-13)8-19-21-16(23)15(22)20-9-4-5-9/h1-3,6-9H,4-5H2,(H,20,22)(H,21,23)/b19-8-. The molecule has 3 rings (SSSR count). The van der Waals surface area contributed by atoms with Crippen LogP contribution < -0.4 is 10.7 Å². The van der Waals surface area contributed by atoms with E-state index in [0.29, 0.717) is 27.1 Å². The predicted octanol–water partition coefficient (Wildman–Crippen LogP) is 2.98. The molecule has 0 radical (unpaired) electrons. The molecule has 1 saturated carbocycles. The molecule has 0 aliphatic heterocycles. The molecule has 0 bridgehead atoms. The number of amides is 2. The summed E-state index contributed by atoms with van der Waals surface area (Å²) in [6.07, 6.45) is 3.11. The third kappa shape index (κ3) is 3.96. The molecule has 8 heteroatoms. The Balaban J connectivity index is 1.62. The van der Waals surface area contributed by atoms with E-state index in [9.17, 15) is 9.59 Å². The largest absolute Gasteiger partial charge is 0.455 e. The maximum atomic E-state index is 11.5. The summed E-state index contributed by atoms with van der Waals surface area (Å²) in [5, 5.41) is 7.08. The Morgan fingerprint density at radius 2 is 1.96 bits per heavy atom. The second kappa shape index (κ2) is 7.07. The van der Waals surface area contributed by atoms with Gasteiger partial charge in [-0.3, -0.25) is 9.59 Å². The van der Waals surface area contributed by atoms with Crippen molar-refractivity contribution in [2.24, 2.45) is 5.10 Å². The van der Waals surface area contributed by atoms with Gasteiger partial charge < -0.3 is 9.73 Å². The number of halogens is 2. The molecule has 1 fully saturated rings. The lowest BCUT2D eigenvalue weighted by molar-refractivity contribution is -0.139. The Labute approximate surface area is 147 Å². The molecule has 0 unspecified atom stereocenters. The quantitative estimate of drug-likeness (QED) is 0.496. The van der Waals surface area contributed by atoms with Crippen LogP contribution in [0, 0.1) is 0 Å². The molecule has 6 nitrogen and oxygen atoms in total. The van der Waals surface area contributed by atoms with Crippen LogP contribution in [-0.2, 0) is 9.59 Å². The first kappa shape index (κ1) is 16.5. The maximum absolute atomic E-state index is 11.5. The molecule has 2 amide bonds. The highest BCUT2D eigenvalue weighted by atomic mass is 35.5. The van der Waals surface area contributed by atoms with Gasteiger partial charge in [-0.1, -0.05) is 29.3 Å². The van der Waals surface area contributed by atoms with Gasteiger partial charge in [0.25, 0.3) is 0 Å². The fourth-order valence-electron chi connectivity index (χ4n) is 1.94. The van der Waals surface area contributed by atoms with Crippen molar-refractivity contribution in [3.8, 4) is 11.3 Å². The average Bonchev–Trinajstić information content (AvgIpc) is 3.25. The Morgan fingerprint density at radius 3 is 2.71 bits per heavy atom. The molecule has 2 aromatic rings. The van der Waals surface area contributed by atoms with E-state index in [4.69, 9.17) is 27.6 Å². The summed E-state index contributed by atoms with van der Waals surface area (Å²) in [7, 11) is 0. The molecule has 1 aromatic carbocycles. The van der Waals surface area contributed by atoms with Crippen LogP contribution in [0.2, 0.25) is 10.0 Å². The van der Waals surface area contributed by atoms with Gasteiger partial charge in [-0.2, -0.15) is 5.10 Å². The molecular weight excluding hydrogens is 353 g/mol. The molecule has 1 aliphatic rings. The Hall–Kier alpha value is -2.31. The number of hydrazone groups is 1. The Bertz CT molecular complexity index is 813. The first-order valence-corrected chi connectivity index (χ1v) is 7.98. The second-order valence-corrected chi connectivity index (χ2v) is 6.04. The highest BCUT2D eigenvalue weighted by molar-refractivity contribution is 6.43. The zero-order valence-corrected chi connectivity index (χ0v) is 13.9. The van der Waals surface area contributed by atoms with E-state index in [2.05, 4.69) is 15.8 Å². The number of hydrogen-bond donors (Lipinski definition) is 2. The van der Waals surface area contributed by atoms with Crippen molar-refractivity contribution in [3.63, 3.8) is 0 Å². The molecule has 1 heterocycles. The molecule has 0 spiro atoms. The highest BCUT2D eigenvalue weighted by Gasteiger charge is 2.26. The zero-order valence-electron chi connectivity index (χ0n) is 12.4. The van der Waals surface area contributed by atoms with Crippen LogP contribution in [0.4, 0.5) is 0 Å². The minimum Gasteiger partial charge on any atom is -0.455 e. The maximum Gasteiger partial charge on any atom is 0.329 e. The smallest absolute Gasteiger partial charge is 0.329 e. The number of hydrogen-bond acceptors (Lipinski definition) is 4. The number of nitrogens with zero attached hydrogens (tertiary/aromatic N) is 1. The molecule has 0 atom stereocenters. The molecule has 1 aliphatic carbocycles. The highest BCUT2D eigenvalue weighted by Crippen LogP contribution is 2.34. The number of benzene rings is 1. The SMILES string of the molecule is O=C(N/N=C\c1ccc(-c2cccc(Cl)c2Cl)o1)C(=O)NC1CC1. The summed E-state index contributed by atoms with van der Waals surface area (Å²) in [6, 6.07) is 8.70. The minimum absolute atomic E-state index is 0.113. The lowest BCUT2D eigenvalue weighted by Crippen LogP contribution is -2.38. The monoisotopic (exact) mass is 365 g/mol. The van der Waals surface area contributed by atoms with Gasteiger partial charge in [-0.25, -0.2) is 5.43 Å². The lowest BCUT2D eigenvalue weighted by Gasteiger charge is -2.02. The fraction of sp³-hybridized carbons (Fsp3) is 0.188. The van der Waals surface area contributed by atoms with Crippen LogP contribution in [0.15, 0.2) is 39.9 Å². The minimum atomic E-state index is -0.817. The van der Waals surface area contributed by atoms with Crippen LogP contribution in [0.25, 0.3) is 11.3 Å². The summed E-state index contributed by atoms with van der Waals surface area (Å²) in [5.41, 5.74) is 2.79. The summed E-state index contributed by atoms with van der Waals surface area (Å²) in [5.74, 6) is -0.603. The number of nitrogens with one attached hydrogen (secondary N) is 2. The zero-order chi connectivity index (χ0) is 17.1. The summed E-state index contributed by atoms with van der Waals surface area (Å²) in [6.45, 7) is 0. The fourth-order valence-corrected chi connectivity index (χ4v) is 2.34. The lowest BCUT2D eigenvalue weighted by atomic mass is 10.2. The molecular formula is C16H13Cl2N3O3. The van der Waals surface area contributed by atoms with Gasteiger partial charge in [0.05, 0.1) is 16.3 Å². The number of carbonyl (C=O) groups excluding carboxylic acids is 2. The van der Waals surface area contributed by atoms with Crippen molar-refractivity contribution in [3.05, 3.63) is 46.1 Å². The van der Waals surface area contributed by atoms with E-state index in [0.717, 1.165) is 12.8 Å². The topological polar surface area (TPSA) is 83.7 Å². The van der Waals surface area contributed by atoms with E-state index >= 15 is 0 Å². The molecule has 0 saturated heterocycles. The van der Waals surface area contributed by atoms with Crippen molar-refractivity contribution < 1.29 is 14.0 Å². The van der Waals surface area contributed by atoms with Gasteiger partial charge in [0.15, 0.2) is 0 Å². The predicted molar refractivity (Wildman–Crippen MR) is 91.1 cm³/mol. The van der Waals surface area contributed by atoms with Gasteiger partial charge >= 0.3 is 11.8 Å². The van der Waals surface area contributed by atoms with E-state index in [1.54, 1.807) is 30.3 Å². The van der Waals surface area contributed by atoms with Gasteiger partial charge in [0, 0.05) is 11.6 Å². The van der Waals surface area contributed by atoms with Crippen molar-refractivity contribution in [1.82, 2.24) is 10.7 Å². The van der Waals surface area contributed by atoms with Gasteiger partial charge in [-0.15, -0.1) is 0 Å². The number of furan rings is 1. The van der Waals surface area contributed by atoms with E-state index in [1.807, 2.05) is 0 Å². The molecule has 124 valence electrons. The van der Waals surface area contributed by atoms with Crippen LogP contribution in [0.1, 0.15) is 18.6 Å². The normalized spacial score (nSPS) is 13.9. The van der Waals surface area contributed by atoms with Crippen molar-refractivity contribution in [2.45, 2.75) is 18.9 Å². The van der Waals surface area contributed by atoms with Gasteiger partial charge in [0.2, 0.25) is 0 Å². The molecule has 1 aromatic heterocycles. The van der Waals surface area contributed by atoms with Crippen molar-refractivity contribution in [1.29, 1.82) is 0 Å².